The van der Waals surface area contributed by atoms with Crippen molar-refractivity contribution in [1.82, 2.24) is 4.57 Å². The molecule has 0 spiro atoms. The normalized spacial score (nSPS) is 13.8. The van der Waals surface area contributed by atoms with Gasteiger partial charge in [-0.05, 0) is 110 Å². The van der Waals surface area contributed by atoms with Gasteiger partial charge in [-0.1, -0.05) is 182 Å². The maximum atomic E-state index is 7.38. The van der Waals surface area contributed by atoms with Crippen molar-refractivity contribution in [2.45, 2.75) is 71.6 Å². The monoisotopic (exact) mass is 930 g/mol. The Morgan fingerprint density at radius 1 is 0.514 bits per heavy atom. The van der Waals surface area contributed by atoms with Gasteiger partial charge in [-0.15, -0.1) is 0 Å². The fourth-order valence-electron chi connectivity index (χ4n) is 12.4. The van der Waals surface area contributed by atoms with Crippen LogP contribution in [0.2, 0.25) is 0 Å². The summed E-state index contributed by atoms with van der Waals surface area (Å²) in [5.41, 5.74) is 23.9. The summed E-state index contributed by atoms with van der Waals surface area (Å²) < 4.78 is 17.1. The molecule has 1 aliphatic heterocycles. The first-order valence-electron chi connectivity index (χ1n) is 25.5. The van der Waals surface area contributed by atoms with Crippen LogP contribution in [0.1, 0.15) is 77.6 Å². The first kappa shape index (κ1) is 42.8. The Bertz CT molecular complexity index is 4230. The molecule has 0 fully saturated rings. The van der Waals surface area contributed by atoms with Gasteiger partial charge in [0.2, 0.25) is 0 Å². The lowest BCUT2D eigenvalue weighted by atomic mass is 9.58. The summed E-state index contributed by atoms with van der Waals surface area (Å²) in [4.78, 5) is 0. The molecule has 0 amide bonds. The number of aromatic nitrogens is 1. The van der Waals surface area contributed by atoms with Crippen molar-refractivity contribution in [3.63, 3.8) is 0 Å². The number of rotatable bonds is 5. The Labute approximate surface area is 421 Å². The average Bonchev–Trinajstić information content (AvgIpc) is 4.11. The highest BCUT2D eigenvalue weighted by molar-refractivity contribution is 6.74. The summed E-state index contributed by atoms with van der Waals surface area (Å²) in [5, 5.41) is 9.89. The minimum atomic E-state index is -0.203. The van der Waals surface area contributed by atoms with Crippen LogP contribution in [0.4, 0.5) is 11.4 Å². The van der Waals surface area contributed by atoms with Gasteiger partial charge in [0.1, 0.15) is 22.5 Å². The zero-order valence-electron chi connectivity index (χ0n) is 42.2. The molecule has 4 heterocycles. The second-order valence-corrected chi connectivity index (χ2v) is 23.0. The molecule has 0 atom stereocenters. The molecule has 5 heteroatoms. The summed E-state index contributed by atoms with van der Waals surface area (Å²) >= 11 is 0. The molecule has 3 aromatic heterocycles. The van der Waals surface area contributed by atoms with E-state index in [1.54, 1.807) is 0 Å². The summed E-state index contributed by atoms with van der Waals surface area (Å²) in [7, 11) is 0.674. The van der Waals surface area contributed by atoms with Gasteiger partial charge in [-0.25, -0.2) is 0 Å². The first-order chi connectivity index (χ1) is 34.7. The van der Waals surface area contributed by atoms with Gasteiger partial charge >= 0.3 is 0 Å². The lowest BCUT2D eigenvalue weighted by Gasteiger charge is -2.26. The van der Waals surface area contributed by atoms with Crippen molar-refractivity contribution in [3.05, 3.63) is 198 Å². The second-order valence-electron chi connectivity index (χ2n) is 23.0. The van der Waals surface area contributed by atoms with Gasteiger partial charge in [0.25, 0.3) is 0 Å². The molecule has 0 bridgehead atoms. The number of hydrogen-bond acceptors (Lipinski definition) is 3. The van der Waals surface area contributed by atoms with E-state index in [9.17, 15) is 0 Å². The molecule has 1 aliphatic carbocycles. The molecule has 0 saturated carbocycles. The Morgan fingerprint density at radius 2 is 1.19 bits per heavy atom. The second kappa shape index (κ2) is 15.0. The molecular formula is C67H55BN2O2. The van der Waals surface area contributed by atoms with Crippen LogP contribution in [0.15, 0.2) is 185 Å². The van der Waals surface area contributed by atoms with Gasteiger partial charge < -0.3 is 18.7 Å². The Balaban J connectivity index is 1.14. The number of hydrogen-bond donors (Lipinski definition) is 1. The zero-order valence-corrected chi connectivity index (χ0v) is 42.2. The third-order valence-corrected chi connectivity index (χ3v) is 16.1. The highest BCUT2D eigenvalue weighted by Gasteiger charge is 2.38. The third kappa shape index (κ3) is 6.19. The third-order valence-electron chi connectivity index (χ3n) is 16.1. The molecule has 0 unspecified atom stereocenters. The topological polar surface area (TPSA) is 43.2 Å². The van der Waals surface area contributed by atoms with Crippen LogP contribution in [0.3, 0.4) is 0 Å². The van der Waals surface area contributed by atoms with Crippen LogP contribution in [-0.2, 0) is 16.2 Å². The van der Waals surface area contributed by atoms with E-state index >= 15 is 0 Å². The molecule has 0 saturated heterocycles. The van der Waals surface area contributed by atoms with Crippen LogP contribution in [-0.4, -0.2) is 11.8 Å². The van der Waals surface area contributed by atoms with E-state index in [0.29, 0.717) is 7.28 Å². The zero-order chi connectivity index (χ0) is 49.0. The fourth-order valence-corrected chi connectivity index (χ4v) is 12.4. The SMILES string of the molecule is CC(C)(C)c1ccc(Nc2cc3c(cc2-c2c4c5c(c6cc(C(C)(C)C)ccc6n5-c5cc6c(-c7ccccc7)c(-c7ccccc7)oc6cc5B4)c4c2oc2ccccc24)-c2ccccc2C3(C)C)cc1. The van der Waals surface area contributed by atoms with Crippen molar-refractivity contribution in [2.24, 2.45) is 0 Å². The predicted molar refractivity (Wildman–Crippen MR) is 305 cm³/mol. The van der Waals surface area contributed by atoms with E-state index in [1.165, 1.54) is 71.8 Å². The van der Waals surface area contributed by atoms with Crippen LogP contribution < -0.4 is 16.2 Å². The van der Waals surface area contributed by atoms with E-state index in [2.05, 4.69) is 241 Å². The molecule has 9 aromatic carbocycles. The molecule has 12 aromatic rings. The molecule has 0 radical (unpaired) electrons. The maximum Gasteiger partial charge on any atom is 0.198 e. The molecule has 14 rings (SSSR count). The number of nitrogens with one attached hydrogen (secondary N) is 1. The average molecular weight is 931 g/mol. The Hall–Kier alpha value is -8.02. The van der Waals surface area contributed by atoms with E-state index in [4.69, 9.17) is 8.83 Å². The number of furan rings is 2. The van der Waals surface area contributed by atoms with Crippen molar-refractivity contribution in [1.29, 1.82) is 0 Å². The minimum absolute atomic E-state index is 0.0356. The first-order valence-corrected chi connectivity index (χ1v) is 25.5. The Morgan fingerprint density at radius 3 is 1.94 bits per heavy atom. The van der Waals surface area contributed by atoms with E-state index in [1.807, 2.05) is 0 Å². The smallest absolute Gasteiger partial charge is 0.198 e. The minimum Gasteiger partial charge on any atom is -0.455 e. The highest BCUT2D eigenvalue weighted by atomic mass is 16.3. The lowest BCUT2D eigenvalue weighted by molar-refractivity contribution is 0.590. The number of para-hydroxylation sites is 1. The summed E-state index contributed by atoms with van der Waals surface area (Å²) in [6.45, 7) is 18.5. The van der Waals surface area contributed by atoms with Gasteiger partial charge in [-0.2, -0.15) is 0 Å². The van der Waals surface area contributed by atoms with Gasteiger partial charge in [-0.3, -0.25) is 0 Å². The van der Waals surface area contributed by atoms with Crippen LogP contribution >= 0.6 is 0 Å². The van der Waals surface area contributed by atoms with Crippen molar-refractivity contribution in [2.75, 3.05) is 5.32 Å². The fraction of sp³-hybridized carbons (Fsp3) is 0.164. The molecule has 1 N–H and O–H groups in total. The van der Waals surface area contributed by atoms with Crippen molar-refractivity contribution in [3.8, 4) is 50.4 Å². The van der Waals surface area contributed by atoms with Crippen molar-refractivity contribution >= 4 is 84.3 Å². The molecule has 2 aliphatic rings. The van der Waals surface area contributed by atoms with Crippen LogP contribution in [0.5, 0.6) is 0 Å². The largest absolute Gasteiger partial charge is 0.455 e. The van der Waals surface area contributed by atoms with E-state index in [-0.39, 0.29) is 16.2 Å². The number of anilines is 2. The number of nitrogens with zero attached hydrogens (tertiary/aromatic N) is 1. The van der Waals surface area contributed by atoms with Crippen molar-refractivity contribution < 1.29 is 8.83 Å². The standard InChI is InChI=1S/C67H55BN2O2/c1-65(2,3)40-27-30-42(31-28-40)69-52-36-50-45(43-23-15-17-25-49(43)67(50,7)8)34-46(52)60-61-62-58(59-44-24-16-18-26-55(44)71-64(59)60)47-33-41(66(4,5)6)29-32-53(47)70(62)54-35-48-56(37-51(54)68-61)72-63(39-21-13-10-14-22-39)57(48)38-19-11-9-12-20-38/h9-37,68-69H,1-8H3. The van der Waals surface area contributed by atoms with Crippen LogP contribution in [0, 0.1) is 0 Å². The molecular weight excluding hydrogens is 876 g/mol. The van der Waals surface area contributed by atoms with E-state index in [0.717, 1.165) is 77.9 Å². The maximum absolute atomic E-state index is 7.38. The van der Waals surface area contributed by atoms with Gasteiger partial charge in [0.15, 0.2) is 7.28 Å². The molecule has 72 heavy (non-hydrogen) atoms. The Kier molecular flexibility index (Phi) is 8.93. The number of benzene rings is 9. The quantitative estimate of drug-likeness (QED) is 0.175. The highest BCUT2D eigenvalue weighted by Crippen LogP contribution is 2.54. The number of fused-ring (bicyclic) bond motifs is 13. The molecule has 348 valence electrons. The van der Waals surface area contributed by atoms with Crippen LogP contribution in [0.25, 0.3) is 105 Å². The molecule has 4 nitrogen and oxygen atoms in total. The predicted octanol–water partition coefficient (Wildman–Crippen LogP) is 16.8. The van der Waals surface area contributed by atoms with Gasteiger partial charge in [0, 0.05) is 71.7 Å². The lowest BCUT2D eigenvalue weighted by Crippen LogP contribution is -2.37. The summed E-state index contributed by atoms with van der Waals surface area (Å²) in [6, 6.07) is 64.8. The van der Waals surface area contributed by atoms with E-state index < -0.39 is 0 Å². The summed E-state index contributed by atoms with van der Waals surface area (Å²) in [5.74, 6) is 0.881. The summed E-state index contributed by atoms with van der Waals surface area (Å²) in [6.07, 6.45) is 0. The van der Waals surface area contributed by atoms with Gasteiger partial charge in [0.05, 0.1) is 11.0 Å².